The number of amides is 2. The Labute approximate surface area is 150 Å². The van der Waals surface area contributed by atoms with Gasteiger partial charge in [0.2, 0.25) is 0 Å². The summed E-state index contributed by atoms with van der Waals surface area (Å²) < 4.78 is 28.3. The van der Waals surface area contributed by atoms with Crippen LogP contribution >= 0.6 is 11.6 Å². The monoisotopic (exact) mass is 390 g/mol. The standard InChI is InChI=1S/C15H19ClN2O6S/c1-24-6-5-18(11-4-7-25(22,23)9-11)15(21)14(20)17-12-8-10(16)2-3-13(12)19/h2-3,8,11,19H,4-7,9H2,1H3,(H,17,20). The molecule has 0 spiro atoms. The number of carbonyl (C=O) groups is 2. The van der Waals surface area contributed by atoms with Crippen molar-refractivity contribution in [1.29, 1.82) is 0 Å². The lowest BCUT2D eigenvalue weighted by atomic mass is 10.2. The fourth-order valence-electron chi connectivity index (χ4n) is 2.58. The summed E-state index contributed by atoms with van der Waals surface area (Å²) in [6, 6.07) is 3.45. The van der Waals surface area contributed by atoms with Crippen LogP contribution in [0.25, 0.3) is 0 Å². The first-order valence-electron chi connectivity index (χ1n) is 7.53. The lowest BCUT2D eigenvalue weighted by Crippen LogP contribution is -2.47. The highest BCUT2D eigenvalue weighted by atomic mass is 35.5. The van der Waals surface area contributed by atoms with Crippen LogP contribution in [0.15, 0.2) is 18.2 Å². The molecule has 1 aliphatic rings. The molecular weight excluding hydrogens is 372 g/mol. The third-order valence-corrected chi connectivity index (χ3v) is 5.83. The van der Waals surface area contributed by atoms with Crippen molar-refractivity contribution >= 4 is 38.9 Å². The van der Waals surface area contributed by atoms with Gasteiger partial charge in [-0.25, -0.2) is 8.42 Å². The number of aromatic hydroxyl groups is 1. The van der Waals surface area contributed by atoms with E-state index in [0.717, 1.165) is 0 Å². The topological polar surface area (TPSA) is 113 Å². The van der Waals surface area contributed by atoms with Crippen molar-refractivity contribution in [3.63, 3.8) is 0 Å². The molecule has 0 aliphatic carbocycles. The molecule has 1 aliphatic heterocycles. The number of halogens is 1. The van der Waals surface area contributed by atoms with E-state index in [1.165, 1.54) is 30.2 Å². The Bertz CT molecular complexity index is 767. The Balaban J connectivity index is 2.14. The summed E-state index contributed by atoms with van der Waals surface area (Å²) >= 11 is 5.80. The van der Waals surface area contributed by atoms with Gasteiger partial charge >= 0.3 is 11.8 Å². The molecule has 1 fully saturated rings. The third-order valence-electron chi connectivity index (χ3n) is 3.85. The van der Waals surface area contributed by atoms with Crippen LogP contribution in [0.3, 0.4) is 0 Å². The summed E-state index contributed by atoms with van der Waals surface area (Å²) in [7, 11) is -1.78. The summed E-state index contributed by atoms with van der Waals surface area (Å²) in [5, 5.41) is 12.3. The van der Waals surface area contributed by atoms with Crippen molar-refractivity contribution in [2.45, 2.75) is 12.5 Å². The maximum atomic E-state index is 12.5. The van der Waals surface area contributed by atoms with Gasteiger partial charge in [0.25, 0.3) is 0 Å². The molecule has 1 atom stereocenters. The number of benzene rings is 1. The van der Waals surface area contributed by atoms with Crippen molar-refractivity contribution in [1.82, 2.24) is 4.90 Å². The fourth-order valence-corrected chi connectivity index (χ4v) is 4.48. The summed E-state index contributed by atoms with van der Waals surface area (Å²) in [4.78, 5) is 25.9. The van der Waals surface area contributed by atoms with Gasteiger partial charge in [0.15, 0.2) is 9.84 Å². The molecule has 2 amide bonds. The number of nitrogens with one attached hydrogen (secondary N) is 1. The molecule has 0 radical (unpaired) electrons. The van der Waals surface area contributed by atoms with Crippen LogP contribution in [0.1, 0.15) is 6.42 Å². The molecule has 25 heavy (non-hydrogen) atoms. The molecule has 0 saturated carbocycles. The van der Waals surface area contributed by atoms with Crippen molar-refractivity contribution in [3.05, 3.63) is 23.2 Å². The van der Waals surface area contributed by atoms with Crippen LogP contribution in [-0.4, -0.2) is 68.0 Å². The molecule has 1 unspecified atom stereocenters. The van der Waals surface area contributed by atoms with Gasteiger partial charge in [-0.15, -0.1) is 0 Å². The Morgan fingerprint density at radius 1 is 1.44 bits per heavy atom. The van der Waals surface area contributed by atoms with Gasteiger partial charge in [-0.05, 0) is 24.6 Å². The second kappa shape index (κ2) is 8.03. The van der Waals surface area contributed by atoms with Crippen LogP contribution in [0.5, 0.6) is 5.75 Å². The minimum Gasteiger partial charge on any atom is -0.506 e. The van der Waals surface area contributed by atoms with Crippen LogP contribution in [0.4, 0.5) is 5.69 Å². The predicted molar refractivity (Wildman–Crippen MR) is 92.4 cm³/mol. The van der Waals surface area contributed by atoms with E-state index >= 15 is 0 Å². The number of methoxy groups -OCH3 is 1. The molecule has 2 rings (SSSR count). The number of rotatable bonds is 5. The second-order valence-electron chi connectivity index (χ2n) is 5.66. The van der Waals surface area contributed by atoms with E-state index in [9.17, 15) is 23.1 Å². The zero-order valence-corrected chi connectivity index (χ0v) is 15.1. The van der Waals surface area contributed by atoms with Crippen molar-refractivity contribution in [3.8, 4) is 5.75 Å². The second-order valence-corrected chi connectivity index (χ2v) is 8.33. The van der Waals surface area contributed by atoms with Gasteiger partial charge in [0.05, 0.1) is 23.8 Å². The molecule has 8 nitrogen and oxygen atoms in total. The number of hydrogen-bond acceptors (Lipinski definition) is 6. The largest absolute Gasteiger partial charge is 0.506 e. The molecule has 0 aromatic heterocycles. The van der Waals surface area contributed by atoms with E-state index in [-0.39, 0.29) is 47.5 Å². The average Bonchev–Trinajstić information content (AvgIpc) is 2.91. The molecular formula is C15H19ClN2O6S. The molecule has 2 N–H and O–H groups in total. The van der Waals surface area contributed by atoms with Crippen LogP contribution in [0.2, 0.25) is 5.02 Å². The first kappa shape index (κ1) is 19.5. The average molecular weight is 391 g/mol. The van der Waals surface area contributed by atoms with Gasteiger partial charge in [-0.3, -0.25) is 9.59 Å². The van der Waals surface area contributed by atoms with E-state index in [1.807, 2.05) is 0 Å². The quantitative estimate of drug-likeness (QED) is 0.563. The summed E-state index contributed by atoms with van der Waals surface area (Å²) in [5.41, 5.74) is -0.00316. The lowest BCUT2D eigenvalue weighted by Gasteiger charge is -2.27. The number of anilines is 1. The highest BCUT2D eigenvalue weighted by molar-refractivity contribution is 7.91. The van der Waals surface area contributed by atoms with E-state index < -0.39 is 27.7 Å². The molecule has 10 heteroatoms. The zero-order valence-electron chi connectivity index (χ0n) is 13.6. The van der Waals surface area contributed by atoms with Crippen molar-refractivity contribution < 1.29 is 27.9 Å². The molecule has 1 aromatic carbocycles. The minimum atomic E-state index is -3.22. The third kappa shape index (κ3) is 5.07. The fraction of sp³-hybridized carbons (Fsp3) is 0.467. The van der Waals surface area contributed by atoms with Crippen LogP contribution in [-0.2, 0) is 24.2 Å². The summed E-state index contributed by atoms with van der Waals surface area (Å²) in [5.74, 6) is -2.32. The number of ether oxygens (including phenoxy) is 1. The SMILES string of the molecule is COCCN(C(=O)C(=O)Nc1cc(Cl)ccc1O)C1CCS(=O)(=O)C1. The molecule has 1 aromatic rings. The van der Waals surface area contributed by atoms with Gasteiger partial charge < -0.3 is 20.1 Å². The first-order valence-corrected chi connectivity index (χ1v) is 9.73. The molecule has 138 valence electrons. The first-order chi connectivity index (χ1) is 11.7. The van der Waals surface area contributed by atoms with Crippen molar-refractivity contribution in [2.75, 3.05) is 37.1 Å². The summed E-state index contributed by atoms with van der Waals surface area (Å²) in [6.45, 7) is 0.252. The number of sulfone groups is 1. The number of hydrogen-bond donors (Lipinski definition) is 2. The smallest absolute Gasteiger partial charge is 0.314 e. The van der Waals surface area contributed by atoms with E-state index in [4.69, 9.17) is 16.3 Å². The summed E-state index contributed by atoms with van der Waals surface area (Å²) in [6.07, 6.45) is 0.271. The Morgan fingerprint density at radius 3 is 2.76 bits per heavy atom. The van der Waals surface area contributed by atoms with E-state index in [0.29, 0.717) is 0 Å². The van der Waals surface area contributed by atoms with Crippen LogP contribution < -0.4 is 5.32 Å². The highest BCUT2D eigenvalue weighted by Crippen LogP contribution is 2.26. The van der Waals surface area contributed by atoms with Crippen LogP contribution in [0, 0.1) is 0 Å². The minimum absolute atomic E-state index is 0.00316. The molecule has 1 saturated heterocycles. The van der Waals surface area contributed by atoms with E-state index in [2.05, 4.69) is 5.32 Å². The lowest BCUT2D eigenvalue weighted by molar-refractivity contribution is -0.145. The Hall–Kier alpha value is -1.84. The molecule has 0 bridgehead atoms. The number of nitrogens with zero attached hydrogens (tertiary/aromatic N) is 1. The Kier molecular flexibility index (Phi) is 6.26. The Morgan fingerprint density at radius 2 is 2.16 bits per heavy atom. The normalized spacial score (nSPS) is 18.7. The zero-order chi connectivity index (χ0) is 18.6. The maximum Gasteiger partial charge on any atom is 0.314 e. The van der Waals surface area contributed by atoms with Gasteiger partial charge in [-0.1, -0.05) is 11.6 Å². The predicted octanol–water partition coefficient (Wildman–Crippen LogP) is 0.646. The van der Waals surface area contributed by atoms with Gasteiger partial charge in [0, 0.05) is 24.7 Å². The van der Waals surface area contributed by atoms with Gasteiger partial charge in [0.1, 0.15) is 5.75 Å². The number of carbonyl (C=O) groups excluding carboxylic acids is 2. The highest BCUT2D eigenvalue weighted by Gasteiger charge is 2.36. The number of phenolic OH excluding ortho intramolecular Hbond substituents is 1. The molecule has 1 heterocycles. The number of phenols is 1. The van der Waals surface area contributed by atoms with Gasteiger partial charge in [-0.2, -0.15) is 0 Å². The van der Waals surface area contributed by atoms with E-state index in [1.54, 1.807) is 0 Å². The maximum absolute atomic E-state index is 12.5. The van der Waals surface area contributed by atoms with Crippen molar-refractivity contribution in [2.24, 2.45) is 0 Å².